The Morgan fingerprint density at radius 1 is 1.36 bits per heavy atom. The SMILES string of the molecule is COC1=C(c2c(C)noc2C)CC2(C)NC3=C(C(=O)NC(C)N3)C2=C1. The van der Waals surface area contributed by atoms with Crippen molar-refractivity contribution in [1.82, 2.24) is 21.1 Å². The first kappa shape index (κ1) is 15.8. The number of rotatable bonds is 2. The first-order valence-electron chi connectivity index (χ1n) is 8.37. The lowest BCUT2D eigenvalue weighted by Gasteiger charge is -2.33. The molecule has 2 aliphatic heterocycles. The number of aromatic nitrogens is 1. The number of carbonyl (C=O) groups is 1. The molecule has 0 saturated carbocycles. The summed E-state index contributed by atoms with van der Waals surface area (Å²) in [6.07, 6.45) is 2.51. The van der Waals surface area contributed by atoms with E-state index in [1.165, 1.54) is 0 Å². The van der Waals surface area contributed by atoms with Crippen LogP contribution in [0, 0.1) is 13.8 Å². The van der Waals surface area contributed by atoms with Crippen LogP contribution in [0.1, 0.15) is 37.3 Å². The third-order valence-corrected chi connectivity index (χ3v) is 5.11. The van der Waals surface area contributed by atoms with Gasteiger partial charge in [-0.15, -0.1) is 0 Å². The fourth-order valence-corrected chi connectivity index (χ4v) is 4.02. The smallest absolute Gasteiger partial charge is 0.256 e. The van der Waals surface area contributed by atoms with Crippen molar-refractivity contribution in [2.24, 2.45) is 0 Å². The van der Waals surface area contributed by atoms with Crippen LogP contribution in [0.15, 0.2) is 33.3 Å². The van der Waals surface area contributed by atoms with E-state index in [4.69, 9.17) is 9.26 Å². The van der Waals surface area contributed by atoms with Crippen LogP contribution in [-0.4, -0.2) is 29.9 Å². The predicted molar refractivity (Wildman–Crippen MR) is 91.9 cm³/mol. The molecule has 7 nitrogen and oxygen atoms in total. The summed E-state index contributed by atoms with van der Waals surface area (Å²) >= 11 is 0. The van der Waals surface area contributed by atoms with E-state index < -0.39 is 5.54 Å². The van der Waals surface area contributed by atoms with Gasteiger partial charge in [0.25, 0.3) is 5.91 Å². The van der Waals surface area contributed by atoms with Gasteiger partial charge in [-0.3, -0.25) is 4.79 Å². The molecule has 0 radical (unpaired) electrons. The minimum absolute atomic E-state index is 0.0695. The molecule has 1 amide bonds. The number of methoxy groups -OCH3 is 1. The Morgan fingerprint density at radius 3 is 2.76 bits per heavy atom. The zero-order valence-electron chi connectivity index (χ0n) is 15.0. The molecule has 25 heavy (non-hydrogen) atoms. The Labute approximate surface area is 146 Å². The fraction of sp³-hybridized carbons (Fsp3) is 0.444. The first-order chi connectivity index (χ1) is 11.8. The van der Waals surface area contributed by atoms with E-state index in [0.29, 0.717) is 12.0 Å². The molecule has 1 aromatic rings. The number of carbonyl (C=O) groups excluding carboxylic acids is 1. The third-order valence-electron chi connectivity index (χ3n) is 5.11. The molecule has 1 aliphatic carbocycles. The van der Waals surface area contributed by atoms with Crippen LogP contribution in [0.3, 0.4) is 0 Å². The van der Waals surface area contributed by atoms with Crippen LogP contribution in [0.5, 0.6) is 0 Å². The summed E-state index contributed by atoms with van der Waals surface area (Å²) in [6.45, 7) is 7.84. The van der Waals surface area contributed by atoms with Crippen molar-refractivity contribution in [2.75, 3.05) is 7.11 Å². The van der Waals surface area contributed by atoms with Crippen LogP contribution in [0.4, 0.5) is 0 Å². The van der Waals surface area contributed by atoms with E-state index in [9.17, 15) is 4.79 Å². The topological polar surface area (TPSA) is 88.4 Å². The van der Waals surface area contributed by atoms with E-state index in [-0.39, 0.29) is 12.1 Å². The second-order valence-corrected chi connectivity index (χ2v) is 7.03. The van der Waals surface area contributed by atoms with Crippen molar-refractivity contribution in [3.63, 3.8) is 0 Å². The molecule has 2 atom stereocenters. The van der Waals surface area contributed by atoms with Gasteiger partial charge in [-0.1, -0.05) is 5.16 Å². The van der Waals surface area contributed by atoms with Gasteiger partial charge in [0, 0.05) is 17.6 Å². The molecule has 7 heteroatoms. The van der Waals surface area contributed by atoms with Crippen LogP contribution >= 0.6 is 0 Å². The van der Waals surface area contributed by atoms with Crippen molar-refractivity contribution in [3.05, 3.63) is 45.8 Å². The second kappa shape index (κ2) is 5.15. The van der Waals surface area contributed by atoms with Gasteiger partial charge in [0.1, 0.15) is 17.3 Å². The summed E-state index contributed by atoms with van der Waals surface area (Å²) in [6, 6.07) is 0. The van der Waals surface area contributed by atoms with Crippen molar-refractivity contribution < 1.29 is 14.1 Å². The summed E-state index contributed by atoms with van der Waals surface area (Å²) in [5.74, 6) is 2.21. The molecule has 0 spiro atoms. The molecule has 0 aromatic carbocycles. The third kappa shape index (κ3) is 2.18. The van der Waals surface area contributed by atoms with Crippen LogP contribution < -0.4 is 16.0 Å². The maximum Gasteiger partial charge on any atom is 0.256 e. The Balaban J connectivity index is 1.87. The molecule has 0 bridgehead atoms. The van der Waals surface area contributed by atoms with E-state index in [1.807, 2.05) is 26.8 Å². The van der Waals surface area contributed by atoms with Gasteiger partial charge in [0.2, 0.25) is 0 Å². The molecule has 3 N–H and O–H groups in total. The zero-order valence-corrected chi connectivity index (χ0v) is 15.0. The summed E-state index contributed by atoms with van der Waals surface area (Å²) < 4.78 is 11.0. The highest BCUT2D eigenvalue weighted by molar-refractivity contribution is 6.02. The van der Waals surface area contributed by atoms with Crippen molar-refractivity contribution in [3.8, 4) is 0 Å². The normalized spacial score (nSPS) is 28.0. The maximum absolute atomic E-state index is 12.5. The Kier molecular flexibility index (Phi) is 3.25. The highest BCUT2D eigenvalue weighted by atomic mass is 16.5. The standard InChI is InChI=1S/C18H22N4O3/c1-8-14(9(2)25-22-8)11-7-18(4)12(6-13(11)24-5)15-16(21-18)19-10(3)20-17(15)23/h6,10,19,21H,7H2,1-5H3,(H,20,23). The Morgan fingerprint density at radius 2 is 2.12 bits per heavy atom. The summed E-state index contributed by atoms with van der Waals surface area (Å²) in [5.41, 5.74) is 4.05. The van der Waals surface area contributed by atoms with Gasteiger partial charge in [-0.05, 0) is 39.3 Å². The lowest BCUT2D eigenvalue weighted by molar-refractivity contribution is -0.118. The molecule has 4 rings (SSSR count). The summed E-state index contributed by atoms with van der Waals surface area (Å²) in [5, 5.41) is 13.8. The average molecular weight is 342 g/mol. The van der Waals surface area contributed by atoms with Gasteiger partial charge >= 0.3 is 0 Å². The van der Waals surface area contributed by atoms with Gasteiger partial charge in [-0.2, -0.15) is 0 Å². The molecular weight excluding hydrogens is 320 g/mol. The maximum atomic E-state index is 12.5. The number of ether oxygens (including phenoxy) is 1. The molecular formula is C18H22N4O3. The molecule has 0 fully saturated rings. The lowest BCUT2D eigenvalue weighted by Crippen LogP contribution is -2.50. The number of nitrogens with one attached hydrogen (secondary N) is 3. The highest BCUT2D eigenvalue weighted by Gasteiger charge is 2.47. The van der Waals surface area contributed by atoms with Crippen molar-refractivity contribution in [2.45, 2.75) is 45.8 Å². The van der Waals surface area contributed by atoms with Gasteiger partial charge in [-0.25, -0.2) is 0 Å². The number of aryl methyl sites for hydroxylation is 2. The average Bonchev–Trinajstić information content (AvgIpc) is 3.01. The molecule has 0 saturated heterocycles. The Bertz CT molecular complexity index is 857. The largest absolute Gasteiger partial charge is 0.496 e. The zero-order chi connectivity index (χ0) is 17.9. The second-order valence-electron chi connectivity index (χ2n) is 7.03. The first-order valence-corrected chi connectivity index (χ1v) is 8.37. The van der Waals surface area contributed by atoms with E-state index in [1.54, 1.807) is 7.11 Å². The number of fused-ring (bicyclic) bond motifs is 2. The molecule has 132 valence electrons. The highest BCUT2D eigenvalue weighted by Crippen LogP contribution is 2.46. The van der Waals surface area contributed by atoms with E-state index >= 15 is 0 Å². The number of hydrogen-bond acceptors (Lipinski definition) is 6. The fourth-order valence-electron chi connectivity index (χ4n) is 4.02. The summed E-state index contributed by atoms with van der Waals surface area (Å²) in [4.78, 5) is 12.5. The van der Waals surface area contributed by atoms with Crippen LogP contribution in [-0.2, 0) is 9.53 Å². The number of allylic oxidation sites excluding steroid dienone is 1. The minimum atomic E-state index is -0.396. The summed E-state index contributed by atoms with van der Waals surface area (Å²) in [7, 11) is 1.65. The van der Waals surface area contributed by atoms with Gasteiger partial charge in [0.15, 0.2) is 0 Å². The monoisotopic (exact) mass is 342 g/mol. The quantitative estimate of drug-likeness (QED) is 0.757. The molecule has 3 aliphatic rings. The Hall–Kier alpha value is -2.70. The number of nitrogens with zero attached hydrogens (tertiary/aromatic N) is 1. The number of amides is 1. The predicted octanol–water partition coefficient (Wildman–Crippen LogP) is 1.62. The molecule has 1 aromatic heterocycles. The molecule has 3 heterocycles. The minimum Gasteiger partial charge on any atom is -0.496 e. The van der Waals surface area contributed by atoms with Crippen LogP contribution in [0.2, 0.25) is 0 Å². The van der Waals surface area contributed by atoms with Gasteiger partial charge in [0.05, 0.1) is 30.1 Å². The number of hydrogen-bond donors (Lipinski definition) is 3. The lowest BCUT2D eigenvalue weighted by atomic mass is 9.77. The van der Waals surface area contributed by atoms with E-state index in [0.717, 1.165) is 39.7 Å². The van der Waals surface area contributed by atoms with Crippen molar-refractivity contribution >= 4 is 11.5 Å². The van der Waals surface area contributed by atoms with E-state index in [2.05, 4.69) is 28.0 Å². The van der Waals surface area contributed by atoms with Gasteiger partial charge < -0.3 is 25.2 Å². The van der Waals surface area contributed by atoms with Crippen LogP contribution in [0.25, 0.3) is 5.57 Å². The molecule has 2 unspecified atom stereocenters. The van der Waals surface area contributed by atoms with Crippen molar-refractivity contribution in [1.29, 1.82) is 0 Å².